The van der Waals surface area contributed by atoms with Crippen LogP contribution >= 0.6 is 0 Å². The zero-order valence-electron chi connectivity index (χ0n) is 16.4. The number of carbonyl (C=O) groups is 3. The second kappa shape index (κ2) is 11.5. The molecule has 0 bridgehead atoms. The lowest BCUT2D eigenvalue weighted by Gasteiger charge is -2.10. The van der Waals surface area contributed by atoms with Crippen LogP contribution in [0.2, 0.25) is 0 Å². The maximum absolute atomic E-state index is 13.1. The van der Waals surface area contributed by atoms with E-state index in [2.05, 4.69) is 10.6 Å². The van der Waals surface area contributed by atoms with Crippen LogP contribution < -0.4 is 15.4 Å². The SMILES string of the molecule is CCOc1ccccc1CCC(=O)OCC(=O)NCC(=O)Nc1ccc(F)c(F)c1. The largest absolute Gasteiger partial charge is 0.494 e. The van der Waals surface area contributed by atoms with E-state index in [-0.39, 0.29) is 12.1 Å². The van der Waals surface area contributed by atoms with Gasteiger partial charge in [0.25, 0.3) is 5.91 Å². The van der Waals surface area contributed by atoms with Crippen molar-refractivity contribution in [2.75, 3.05) is 25.1 Å². The molecule has 0 radical (unpaired) electrons. The van der Waals surface area contributed by atoms with Crippen molar-refractivity contribution in [1.29, 1.82) is 0 Å². The fourth-order valence-electron chi connectivity index (χ4n) is 2.47. The number of hydrogen-bond donors (Lipinski definition) is 2. The average Bonchev–Trinajstić information content (AvgIpc) is 2.73. The molecule has 160 valence electrons. The molecule has 0 aliphatic rings. The molecule has 7 nitrogen and oxygen atoms in total. The summed E-state index contributed by atoms with van der Waals surface area (Å²) in [6.45, 7) is 1.41. The topological polar surface area (TPSA) is 93.7 Å². The summed E-state index contributed by atoms with van der Waals surface area (Å²) in [7, 11) is 0. The fraction of sp³-hybridized carbons (Fsp3) is 0.286. The number of halogens is 2. The number of aryl methyl sites for hydroxylation is 1. The summed E-state index contributed by atoms with van der Waals surface area (Å²) in [6, 6.07) is 10.2. The van der Waals surface area contributed by atoms with Crippen LogP contribution in [0.15, 0.2) is 42.5 Å². The lowest BCUT2D eigenvalue weighted by Crippen LogP contribution is -2.35. The van der Waals surface area contributed by atoms with Gasteiger partial charge >= 0.3 is 5.97 Å². The molecule has 0 unspecified atom stereocenters. The summed E-state index contributed by atoms with van der Waals surface area (Å²) in [4.78, 5) is 35.3. The van der Waals surface area contributed by atoms with Crippen molar-refractivity contribution in [3.63, 3.8) is 0 Å². The van der Waals surface area contributed by atoms with Crippen LogP contribution in [0.4, 0.5) is 14.5 Å². The van der Waals surface area contributed by atoms with Crippen molar-refractivity contribution in [3.05, 3.63) is 59.7 Å². The van der Waals surface area contributed by atoms with Crippen LogP contribution in [-0.4, -0.2) is 37.5 Å². The number of ether oxygens (including phenoxy) is 2. The van der Waals surface area contributed by atoms with Gasteiger partial charge in [0.15, 0.2) is 18.2 Å². The van der Waals surface area contributed by atoms with E-state index in [1.54, 1.807) is 0 Å². The summed E-state index contributed by atoms with van der Waals surface area (Å²) in [5.74, 6) is -3.33. The maximum Gasteiger partial charge on any atom is 0.306 e. The third kappa shape index (κ3) is 7.50. The summed E-state index contributed by atoms with van der Waals surface area (Å²) in [5.41, 5.74) is 0.904. The van der Waals surface area contributed by atoms with Crippen LogP contribution in [0, 0.1) is 11.6 Å². The summed E-state index contributed by atoms with van der Waals surface area (Å²) in [5, 5.41) is 4.57. The Balaban J connectivity index is 1.68. The highest BCUT2D eigenvalue weighted by Crippen LogP contribution is 2.19. The quantitative estimate of drug-likeness (QED) is 0.577. The van der Waals surface area contributed by atoms with E-state index in [1.807, 2.05) is 31.2 Å². The molecule has 0 spiro atoms. The molecule has 2 N–H and O–H groups in total. The predicted octanol–water partition coefficient (Wildman–Crippen LogP) is 2.59. The fourth-order valence-corrected chi connectivity index (χ4v) is 2.47. The lowest BCUT2D eigenvalue weighted by atomic mass is 10.1. The number of esters is 1. The highest BCUT2D eigenvalue weighted by Gasteiger charge is 2.12. The molecule has 0 aliphatic heterocycles. The Morgan fingerprint density at radius 3 is 2.50 bits per heavy atom. The second-order valence-electron chi connectivity index (χ2n) is 6.16. The molecule has 0 aromatic heterocycles. The normalized spacial score (nSPS) is 10.2. The van der Waals surface area contributed by atoms with Crippen LogP contribution in [-0.2, 0) is 25.5 Å². The molecular formula is C21H22F2N2O5. The van der Waals surface area contributed by atoms with E-state index in [0.717, 1.165) is 17.7 Å². The van der Waals surface area contributed by atoms with Gasteiger partial charge in [-0.1, -0.05) is 18.2 Å². The number of hydrogen-bond acceptors (Lipinski definition) is 5. The molecule has 2 rings (SSSR count). The zero-order chi connectivity index (χ0) is 21.9. The Morgan fingerprint density at radius 1 is 1.00 bits per heavy atom. The number of para-hydroxylation sites is 1. The van der Waals surface area contributed by atoms with Crippen molar-refractivity contribution in [2.45, 2.75) is 19.8 Å². The highest BCUT2D eigenvalue weighted by molar-refractivity contribution is 5.94. The number of anilines is 1. The number of rotatable bonds is 10. The highest BCUT2D eigenvalue weighted by atomic mass is 19.2. The minimum absolute atomic E-state index is 0.0481. The Labute approximate surface area is 172 Å². The Morgan fingerprint density at radius 2 is 1.77 bits per heavy atom. The van der Waals surface area contributed by atoms with E-state index in [9.17, 15) is 23.2 Å². The zero-order valence-corrected chi connectivity index (χ0v) is 16.4. The molecule has 0 aliphatic carbocycles. The average molecular weight is 420 g/mol. The Kier molecular flexibility index (Phi) is 8.74. The molecular weight excluding hydrogens is 398 g/mol. The Bertz CT molecular complexity index is 905. The third-order valence-electron chi connectivity index (χ3n) is 3.88. The molecule has 0 heterocycles. The molecule has 0 saturated heterocycles. The molecule has 9 heteroatoms. The maximum atomic E-state index is 13.1. The van der Waals surface area contributed by atoms with Gasteiger partial charge in [-0.15, -0.1) is 0 Å². The summed E-state index contributed by atoms with van der Waals surface area (Å²) < 4.78 is 36.3. The van der Waals surface area contributed by atoms with Crippen LogP contribution in [0.1, 0.15) is 18.9 Å². The first-order valence-electron chi connectivity index (χ1n) is 9.27. The van der Waals surface area contributed by atoms with Crippen molar-refractivity contribution in [2.24, 2.45) is 0 Å². The number of benzene rings is 2. The molecule has 0 saturated carbocycles. The summed E-state index contributed by atoms with van der Waals surface area (Å²) >= 11 is 0. The van der Waals surface area contributed by atoms with Gasteiger partial charge in [-0.3, -0.25) is 14.4 Å². The van der Waals surface area contributed by atoms with Gasteiger partial charge in [0.1, 0.15) is 5.75 Å². The van der Waals surface area contributed by atoms with Crippen LogP contribution in [0.5, 0.6) is 5.75 Å². The van der Waals surface area contributed by atoms with Gasteiger partial charge in [0.2, 0.25) is 5.91 Å². The van der Waals surface area contributed by atoms with Gasteiger partial charge < -0.3 is 20.1 Å². The van der Waals surface area contributed by atoms with Gasteiger partial charge in [-0.25, -0.2) is 8.78 Å². The molecule has 30 heavy (non-hydrogen) atoms. The predicted molar refractivity (Wildman–Crippen MR) is 105 cm³/mol. The van der Waals surface area contributed by atoms with Gasteiger partial charge in [0.05, 0.1) is 13.2 Å². The second-order valence-corrected chi connectivity index (χ2v) is 6.16. The minimum Gasteiger partial charge on any atom is -0.494 e. The summed E-state index contributed by atoms with van der Waals surface area (Å²) in [6.07, 6.45) is 0.460. The van der Waals surface area contributed by atoms with E-state index in [1.165, 1.54) is 6.07 Å². The van der Waals surface area contributed by atoms with Crippen LogP contribution in [0.3, 0.4) is 0 Å². The monoisotopic (exact) mass is 420 g/mol. The van der Waals surface area contributed by atoms with Crippen molar-refractivity contribution >= 4 is 23.5 Å². The van der Waals surface area contributed by atoms with E-state index in [4.69, 9.17) is 9.47 Å². The Hall–Kier alpha value is -3.49. The molecule has 0 atom stereocenters. The number of carbonyl (C=O) groups excluding carboxylic acids is 3. The molecule has 2 amide bonds. The first kappa shape index (κ1) is 22.8. The first-order chi connectivity index (χ1) is 14.4. The number of nitrogens with one attached hydrogen (secondary N) is 2. The minimum atomic E-state index is -1.10. The smallest absolute Gasteiger partial charge is 0.306 e. The van der Waals surface area contributed by atoms with Crippen molar-refractivity contribution < 1.29 is 32.6 Å². The van der Waals surface area contributed by atoms with E-state index < -0.39 is 42.6 Å². The van der Waals surface area contributed by atoms with Gasteiger partial charge in [0, 0.05) is 18.2 Å². The van der Waals surface area contributed by atoms with Crippen LogP contribution in [0.25, 0.3) is 0 Å². The van der Waals surface area contributed by atoms with E-state index in [0.29, 0.717) is 18.8 Å². The molecule has 0 fully saturated rings. The van der Waals surface area contributed by atoms with E-state index >= 15 is 0 Å². The molecule has 2 aromatic carbocycles. The standard InChI is InChI=1S/C21H22F2N2O5/c1-2-29-18-6-4-3-5-14(18)7-10-21(28)30-13-20(27)24-12-19(26)25-15-8-9-16(22)17(23)11-15/h3-6,8-9,11H,2,7,10,12-13H2,1H3,(H,24,27)(H,25,26). The van der Waals surface area contributed by atoms with Gasteiger partial charge in [-0.05, 0) is 37.1 Å². The molecule has 2 aromatic rings. The van der Waals surface area contributed by atoms with Crippen molar-refractivity contribution in [3.8, 4) is 5.75 Å². The van der Waals surface area contributed by atoms with Crippen molar-refractivity contribution in [1.82, 2.24) is 5.32 Å². The third-order valence-corrected chi connectivity index (χ3v) is 3.88. The van der Waals surface area contributed by atoms with Gasteiger partial charge in [-0.2, -0.15) is 0 Å². The number of amides is 2. The first-order valence-corrected chi connectivity index (χ1v) is 9.27. The lowest BCUT2D eigenvalue weighted by molar-refractivity contribution is -0.148.